The van der Waals surface area contributed by atoms with Crippen LogP contribution in [-0.2, 0) is 4.79 Å². The van der Waals surface area contributed by atoms with Crippen molar-refractivity contribution in [2.75, 3.05) is 13.1 Å². The third-order valence-electron chi connectivity index (χ3n) is 4.32. The molecule has 0 radical (unpaired) electrons. The zero-order valence-electron chi connectivity index (χ0n) is 11.4. The highest BCUT2D eigenvalue weighted by Gasteiger charge is 2.20. The lowest BCUT2D eigenvalue weighted by Crippen LogP contribution is -2.37. The van der Waals surface area contributed by atoms with Gasteiger partial charge in [-0.1, -0.05) is 6.92 Å². The van der Waals surface area contributed by atoms with Gasteiger partial charge in [0.1, 0.15) is 0 Å². The molecule has 3 nitrogen and oxygen atoms in total. The van der Waals surface area contributed by atoms with Gasteiger partial charge < -0.3 is 10.6 Å². The lowest BCUT2D eigenvalue weighted by atomic mass is 9.87. The van der Waals surface area contributed by atoms with Gasteiger partial charge in [0.05, 0.1) is 0 Å². The third-order valence-corrected chi connectivity index (χ3v) is 4.32. The van der Waals surface area contributed by atoms with Gasteiger partial charge in [0, 0.05) is 12.5 Å². The molecule has 0 aromatic heterocycles. The van der Waals surface area contributed by atoms with Crippen molar-refractivity contribution in [2.45, 2.75) is 57.9 Å². The van der Waals surface area contributed by atoms with Gasteiger partial charge in [-0.15, -0.1) is 12.4 Å². The highest BCUT2D eigenvalue weighted by atomic mass is 35.5. The minimum absolute atomic E-state index is 0. The maximum absolute atomic E-state index is 11.8. The summed E-state index contributed by atoms with van der Waals surface area (Å²) in [5, 5.41) is 6.55. The summed E-state index contributed by atoms with van der Waals surface area (Å²) in [5.74, 6) is 1.86. The minimum Gasteiger partial charge on any atom is -0.353 e. The second-order valence-electron chi connectivity index (χ2n) is 5.92. The molecule has 2 aliphatic rings. The van der Waals surface area contributed by atoms with Gasteiger partial charge in [0.15, 0.2) is 0 Å². The smallest absolute Gasteiger partial charge is 0.220 e. The molecule has 4 heteroatoms. The maximum atomic E-state index is 11.8. The molecule has 1 aliphatic heterocycles. The molecule has 2 fully saturated rings. The van der Waals surface area contributed by atoms with Gasteiger partial charge in [-0.2, -0.15) is 0 Å². The van der Waals surface area contributed by atoms with E-state index in [2.05, 4.69) is 17.6 Å². The van der Waals surface area contributed by atoms with Crippen molar-refractivity contribution in [2.24, 2.45) is 11.8 Å². The van der Waals surface area contributed by atoms with Crippen LogP contribution in [0.5, 0.6) is 0 Å². The van der Waals surface area contributed by atoms with Crippen LogP contribution < -0.4 is 10.6 Å². The molecule has 1 atom stereocenters. The fourth-order valence-electron chi connectivity index (χ4n) is 3.00. The molecule has 1 unspecified atom stereocenters. The van der Waals surface area contributed by atoms with Crippen molar-refractivity contribution < 1.29 is 4.79 Å². The summed E-state index contributed by atoms with van der Waals surface area (Å²) in [6.07, 6.45) is 7.93. The predicted octanol–water partition coefficient (Wildman–Crippen LogP) is 2.49. The predicted molar refractivity (Wildman–Crippen MR) is 77.0 cm³/mol. The molecule has 0 spiro atoms. The molecular formula is C14H27ClN2O. The van der Waals surface area contributed by atoms with E-state index in [1.165, 1.54) is 32.1 Å². The molecule has 1 saturated carbocycles. The van der Waals surface area contributed by atoms with Gasteiger partial charge in [-0.25, -0.2) is 0 Å². The van der Waals surface area contributed by atoms with Gasteiger partial charge >= 0.3 is 0 Å². The SMILES string of the molecule is CC1CCC(NC(=O)CCC2CCNC2)CC1.Cl. The molecule has 0 bridgehead atoms. The number of nitrogens with one attached hydrogen (secondary N) is 2. The van der Waals surface area contributed by atoms with E-state index in [4.69, 9.17) is 0 Å². The second-order valence-corrected chi connectivity index (χ2v) is 5.92. The molecule has 1 heterocycles. The Morgan fingerprint density at radius 2 is 1.94 bits per heavy atom. The van der Waals surface area contributed by atoms with E-state index in [1.807, 2.05) is 0 Å². The molecule has 2 N–H and O–H groups in total. The second kappa shape index (κ2) is 8.00. The Hall–Kier alpha value is -0.280. The lowest BCUT2D eigenvalue weighted by Gasteiger charge is -2.27. The maximum Gasteiger partial charge on any atom is 0.220 e. The van der Waals surface area contributed by atoms with Gasteiger partial charge in [-0.05, 0) is 63.5 Å². The lowest BCUT2D eigenvalue weighted by molar-refractivity contribution is -0.122. The molecule has 0 aromatic rings. The van der Waals surface area contributed by atoms with E-state index in [1.54, 1.807) is 0 Å². The number of rotatable bonds is 4. The Kier molecular flexibility index (Phi) is 7.02. The van der Waals surface area contributed by atoms with Crippen molar-refractivity contribution in [1.29, 1.82) is 0 Å². The van der Waals surface area contributed by atoms with Crippen molar-refractivity contribution in [3.8, 4) is 0 Å². The summed E-state index contributed by atoms with van der Waals surface area (Å²) in [4.78, 5) is 11.8. The first kappa shape index (κ1) is 15.8. The Morgan fingerprint density at radius 3 is 2.56 bits per heavy atom. The standard InChI is InChI=1S/C14H26N2O.ClH/c1-11-2-5-13(6-3-11)16-14(17)7-4-12-8-9-15-10-12;/h11-13,15H,2-10H2,1H3,(H,16,17);1H. The van der Waals surface area contributed by atoms with Gasteiger partial charge in [0.25, 0.3) is 0 Å². The molecular weight excluding hydrogens is 248 g/mol. The van der Waals surface area contributed by atoms with Crippen molar-refractivity contribution in [1.82, 2.24) is 10.6 Å². The number of halogens is 1. The molecule has 1 aliphatic carbocycles. The average Bonchev–Trinajstić information content (AvgIpc) is 2.83. The van der Waals surface area contributed by atoms with Crippen LogP contribution in [0.1, 0.15) is 51.9 Å². The highest BCUT2D eigenvalue weighted by Crippen LogP contribution is 2.23. The highest BCUT2D eigenvalue weighted by molar-refractivity contribution is 5.85. The summed E-state index contributed by atoms with van der Waals surface area (Å²) < 4.78 is 0. The molecule has 18 heavy (non-hydrogen) atoms. The van der Waals surface area contributed by atoms with E-state index < -0.39 is 0 Å². The first-order chi connectivity index (χ1) is 8.24. The molecule has 1 saturated heterocycles. The number of hydrogen-bond acceptors (Lipinski definition) is 2. The van der Waals surface area contributed by atoms with E-state index in [9.17, 15) is 4.79 Å². The summed E-state index contributed by atoms with van der Waals surface area (Å²) in [6, 6.07) is 0.459. The van der Waals surface area contributed by atoms with Crippen LogP contribution in [0.15, 0.2) is 0 Å². The van der Waals surface area contributed by atoms with Crippen LogP contribution in [0.4, 0.5) is 0 Å². The summed E-state index contributed by atoms with van der Waals surface area (Å²) in [5.41, 5.74) is 0. The van der Waals surface area contributed by atoms with Gasteiger partial charge in [-0.3, -0.25) is 4.79 Å². The number of carbonyl (C=O) groups is 1. The minimum atomic E-state index is 0. The molecule has 106 valence electrons. The van der Waals surface area contributed by atoms with E-state index in [0.717, 1.165) is 37.8 Å². The summed E-state index contributed by atoms with van der Waals surface area (Å²) >= 11 is 0. The summed E-state index contributed by atoms with van der Waals surface area (Å²) in [6.45, 7) is 4.55. The quantitative estimate of drug-likeness (QED) is 0.827. The first-order valence-electron chi connectivity index (χ1n) is 7.24. The van der Waals surface area contributed by atoms with E-state index >= 15 is 0 Å². The number of hydrogen-bond donors (Lipinski definition) is 2. The van der Waals surface area contributed by atoms with Crippen LogP contribution in [0.2, 0.25) is 0 Å². The number of amides is 1. The fraction of sp³-hybridized carbons (Fsp3) is 0.929. The normalized spacial score (nSPS) is 31.7. The van der Waals surface area contributed by atoms with Crippen molar-refractivity contribution in [3.05, 3.63) is 0 Å². The first-order valence-corrected chi connectivity index (χ1v) is 7.24. The largest absolute Gasteiger partial charge is 0.353 e. The Balaban J connectivity index is 0.00000162. The zero-order chi connectivity index (χ0) is 12.1. The van der Waals surface area contributed by atoms with Crippen molar-refractivity contribution >= 4 is 18.3 Å². The summed E-state index contributed by atoms with van der Waals surface area (Å²) in [7, 11) is 0. The molecule has 0 aromatic carbocycles. The van der Waals surface area contributed by atoms with Crippen LogP contribution in [0.25, 0.3) is 0 Å². The molecule has 1 amide bonds. The Labute approximate surface area is 117 Å². The van der Waals surface area contributed by atoms with E-state index in [0.29, 0.717) is 6.04 Å². The molecule has 2 rings (SSSR count). The zero-order valence-corrected chi connectivity index (χ0v) is 12.2. The fourth-order valence-corrected chi connectivity index (χ4v) is 3.00. The van der Waals surface area contributed by atoms with Crippen LogP contribution >= 0.6 is 12.4 Å². The Bertz CT molecular complexity index is 246. The van der Waals surface area contributed by atoms with E-state index in [-0.39, 0.29) is 18.3 Å². The van der Waals surface area contributed by atoms with Crippen LogP contribution in [-0.4, -0.2) is 25.0 Å². The monoisotopic (exact) mass is 274 g/mol. The van der Waals surface area contributed by atoms with Crippen molar-refractivity contribution in [3.63, 3.8) is 0 Å². The topological polar surface area (TPSA) is 41.1 Å². The third kappa shape index (κ3) is 5.15. The number of carbonyl (C=O) groups excluding carboxylic acids is 1. The average molecular weight is 275 g/mol. The Morgan fingerprint density at radius 1 is 1.22 bits per heavy atom. The van der Waals surface area contributed by atoms with Crippen LogP contribution in [0.3, 0.4) is 0 Å². The van der Waals surface area contributed by atoms with Crippen LogP contribution in [0, 0.1) is 11.8 Å². The van der Waals surface area contributed by atoms with Gasteiger partial charge in [0.2, 0.25) is 5.91 Å².